The number of piperidine rings is 1. The third-order valence-electron chi connectivity index (χ3n) is 4.30. The zero-order chi connectivity index (χ0) is 19.1. The minimum atomic E-state index is -0.236. The highest BCUT2D eigenvalue weighted by molar-refractivity contribution is 6.00. The Kier molecular flexibility index (Phi) is 7.15. The fourth-order valence-corrected chi connectivity index (χ4v) is 3.20. The number of benzene rings is 1. The summed E-state index contributed by atoms with van der Waals surface area (Å²) in [5, 5.41) is 8.39. The normalized spacial score (nSPS) is 15.3. The topological polar surface area (TPSA) is 90.5 Å². The average molecular weight is 360 g/mol. The van der Waals surface area contributed by atoms with Crippen LogP contribution in [0.3, 0.4) is 0 Å². The molecule has 0 radical (unpaired) electrons. The van der Waals surface area contributed by atoms with Gasteiger partial charge in [0.1, 0.15) is 0 Å². The van der Waals surface area contributed by atoms with Gasteiger partial charge in [0.2, 0.25) is 11.8 Å². The van der Waals surface area contributed by atoms with Crippen molar-refractivity contribution in [2.24, 2.45) is 0 Å². The molecule has 3 N–H and O–H groups in total. The van der Waals surface area contributed by atoms with Gasteiger partial charge in [-0.2, -0.15) is 0 Å². The van der Waals surface area contributed by atoms with Gasteiger partial charge in [0, 0.05) is 49.9 Å². The Bertz CT molecular complexity index is 632. The van der Waals surface area contributed by atoms with Gasteiger partial charge in [-0.25, -0.2) is 0 Å². The van der Waals surface area contributed by atoms with Crippen molar-refractivity contribution < 1.29 is 14.4 Å². The van der Waals surface area contributed by atoms with Gasteiger partial charge in [-0.15, -0.1) is 0 Å². The molecule has 7 nitrogen and oxygen atoms in total. The third-order valence-corrected chi connectivity index (χ3v) is 4.30. The molecule has 0 atom stereocenters. The molecule has 1 fully saturated rings. The zero-order valence-electron chi connectivity index (χ0n) is 15.7. The molecule has 0 aromatic heterocycles. The number of nitrogens with zero attached hydrogens (tertiary/aromatic N) is 1. The third kappa shape index (κ3) is 6.15. The van der Waals surface area contributed by atoms with Gasteiger partial charge in [-0.1, -0.05) is 6.92 Å². The predicted octanol–water partition coefficient (Wildman–Crippen LogP) is 2.21. The lowest BCUT2D eigenvalue weighted by molar-refractivity contribution is -0.115. The summed E-state index contributed by atoms with van der Waals surface area (Å²) in [6.07, 6.45) is 2.99. The van der Waals surface area contributed by atoms with Crippen molar-refractivity contribution in [2.75, 3.05) is 30.3 Å². The average Bonchev–Trinajstić information content (AvgIpc) is 2.55. The van der Waals surface area contributed by atoms with Gasteiger partial charge in [0.15, 0.2) is 0 Å². The number of nitrogens with one attached hydrogen (secondary N) is 3. The molecule has 1 aliphatic rings. The summed E-state index contributed by atoms with van der Waals surface area (Å²) in [7, 11) is 0. The molecular weight excluding hydrogens is 332 g/mol. The first-order valence-electron chi connectivity index (χ1n) is 9.11. The van der Waals surface area contributed by atoms with E-state index < -0.39 is 0 Å². The van der Waals surface area contributed by atoms with Crippen molar-refractivity contribution in [2.45, 2.75) is 46.1 Å². The summed E-state index contributed by atoms with van der Waals surface area (Å²) in [6.45, 7) is 8.04. The number of carbonyl (C=O) groups excluding carboxylic acids is 3. The van der Waals surface area contributed by atoms with E-state index in [1.54, 1.807) is 18.2 Å². The maximum atomic E-state index is 12.6. The molecule has 3 amide bonds. The number of hydrogen-bond donors (Lipinski definition) is 3. The zero-order valence-corrected chi connectivity index (χ0v) is 15.7. The Balaban J connectivity index is 2.06. The second-order valence-corrected chi connectivity index (χ2v) is 6.75. The van der Waals surface area contributed by atoms with E-state index in [-0.39, 0.29) is 23.8 Å². The molecule has 0 spiro atoms. The van der Waals surface area contributed by atoms with Crippen LogP contribution in [-0.4, -0.2) is 48.3 Å². The lowest BCUT2D eigenvalue weighted by atomic mass is 10.0. The predicted molar refractivity (Wildman–Crippen MR) is 102 cm³/mol. The van der Waals surface area contributed by atoms with Crippen LogP contribution in [0.25, 0.3) is 0 Å². The van der Waals surface area contributed by atoms with Gasteiger partial charge >= 0.3 is 0 Å². The molecule has 7 heteroatoms. The Labute approximate surface area is 154 Å². The maximum Gasteiger partial charge on any atom is 0.251 e. The molecule has 0 unspecified atom stereocenters. The van der Waals surface area contributed by atoms with Gasteiger partial charge in [-0.05, 0) is 44.0 Å². The number of likely N-dealkylation sites (tertiary alicyclic amines) is 1. The SMILES string of the molecule is CCCN1CCC(NC(=O)c2cc(NC(C)=O)cc(NC(C)=O)c2)CC1. The largest absolute Gasteiger partial charge is 0.349 e. The van der Waals surface area contributed by atoms with Gasteiger partial charge in [0.05, 0.1) is 0 Å². The summed E-state index contributed by atoms with van der Waals surface area (Å²) < 4.78 is 0. The van der Waals surface area contributed by atoms with E-state index in [1.807, 2.05) is 0 Å². The molecule has 1 aromatic rings. The first-order chi connectivity index (χ1) is 12.4. The Morgan fingerprint density at radius 3 is 2.00 bits per heavy atom. The van der Waals surface area contributed by atoms with Crippen LogP contribution in [-0.2, 0) is 9.59 Å². The molecular formula is C19H28N4O3. The van der Waals surface area contributed by atoms with Crippen molar-refractivity contribution in [3.8, 4) is 0 Å². The molecule has 0 aliphatic carbocycles. The minimum absolute atomic E-state index is 0.143. The van der Waals surface area contributed by atoms with E-state index in [4.69, 9.17) is 0 Å². The van der Waals surface area contributed by atoms with Crippen LogP contribution in [0.4, 0.5) is 11.4 Å². The van der Waals surface area contributed by atoms with Crippen LogP contribution in [0, 0.1) is 0 Å². The number of rotatable bonds is 6. The molecule has 1 saturated heterocycles. The van der Waals surface area contributed by atoms with E-state index in [0.29, 0.717) is 16.9 Å². The highest BCUT2D eigenvalue weighted by atomic mass is 16.2. The van der Waals surface area contributed by atoms with E-state index in [2.05, 4.69) is 27.8 Å². The quantitative estimate of drug-likeness (QED) is 0.725. The lowest BCUT2D eigenvalue weighted by Crippen LogP contribution is -2.44. The van der Waals surface area contributed by atoms with E-state index in [1.165, 1.54) is 13.8 Å². The smallest absolute Gasteiger partial charge is 0.251 e. The second kappa shape index (κ2) is 9.33. The monoisotopic (exact) mass is 360 g/mol. The Morgan fingerprint density at radius 2 is 1.54 bits per heavy atom. The van der Waals surface area contributed by atoms with Gasteiger partial charge in [-0.3, -0.25) is 14.4 Å². The molecule has 26 heavy (non-hydrogen) atoms. The van der Waals surface area contributed by atoms with Crippen LogP contribution in [0.5, 0.6) is 0 Å². The van der Waals surface area contributed by atoms with Crippen LogP contribution in [0.15, 0.2) is 18.2 Å². The number of hydrogen-bond acceptors (Lipinski definition) is 4. The molecule has 1 heterocycles. The van der Waals surface area contributed by atoms with Crippen LogP contribution in [0.2, 0.25) is 0 Å². The number of anilines is 2. The Morgan fingerprint density at radius 1 is 1.00 bits per heavy atom. The van der Waals surface area contributed by atoms with E-state index >= 15 is 0 Å². The first-order valence-corrected chi connectivity index (χ1v) is 9.11. The first kappa shape index (κ1) is 19.9. The lowest BCUT2D eigenvalue weighted by Gasteiger charge is -2.32. The number of amides is 3. The van der Waals surface area contributed by atoms with Gasteiger partial charge in [0.25, 0.3) is 5.91 Å². The summed E-state index contributed by atoms with van der Waals surface area (Å²) >= 11 is 0. The molecule has 1 aromatic carbocycles. The summed E-state index contributed by atoms with van der Waals surface area (Å²) in [6, 6.07) is 5.01. The summed E-state index contributed by atoms with van der Waals surface area (Å²) in [5.41, 5.74) is 1.37. The van der Waals surface area contributed by atoms with Crippen LogP contribution in [0.1, 0.15) is 50.4 Å². The number of carbonyl (C=O) groups is 3. The molecule has 142 valence electrons. The van der Waals surface area contributed by atoms with Crippen LogP contribution >= 0.6 is 0 Å². The van der Waals surface area contributed by atoms with Crippen molar-refractivity contribution in [1.29, 1.82) is 0 Å². The highest BCUT2D eigenvalue weighted by Gasteiger charge is 2.21. The summed E-state index contributed by atoms with van der Waals surface area (Å²) in [4.78, 5) is 37.7. The standard InChI is InChI=1S/C19H28N4O3/c1-4-7-23-8-5-16(6-9-23)22-19(26)15-10-17(20-13(2)24)12-18(11-15)21-14(3)25/h10-12,16H,4-9H2,1-3H3,(H,20,24)(H,21,25)(H,22,26). The molecule has 0 saturated carbocycles. The van der Waals surface area contributed by atoms with E-state index in [9.17, 15) is 14.4 Å². The fourth-order valence-electron chi connectivity index (χ4n) is 3.20. The Hall–Kier alpha value is -2.41. The second-order valence-electron chi connectivity index (χ2n) is 6.75. The van der Waals surface area contributed by atoms with E-state index in [0.717, 1.165) is 38.9 Å². The molecule has 2 rings (SSSR count). The summed E-state index contributed by atoms with van der Waals surface area (Å²) in [5.74, 6) is -0.669. The maximum absolute atomic E-state index is 12.6. The highest BCUT2D eigenvalue weighted by Crippen LogP contribution is 2.20. The van der Waals surface area contributed by atoms with Crippen LogP contribution < -0.4 is 16.0 Å². The minimum Gasteiger partial charge on any atom is -0.349 e. The van der Waals surface area contributed by atoms with Gasteiger partial charge < -0.3 is 20.9 Å². The van der Waals surface area contributed by atoms with Crippen molar-refractivity contribution in [3.05, 3.63) is 23.8 Å². The molecule has 1 aliphatic heterocycles. The van der Waals surface area contributed by atoms with Crippen molar-refractivity contribution in [1.82, 2.24) is 10.2 Å². The fraction of sp³-hybridized carbons (Fsp3) is 0.526. The van der Waals surface area contributed by atoms with Crippen molar-refractivity contribution in [3.63, 3.8) is 0 Å². The van der Waals surface area contributed by atoms with Crippen molar-refractivity contribution >= 4 is 29.1 Å². The molecule has 0 bridgehead atoms.